The minimum absolute atomic E-state index is 0.0135. The second kappa shape index (κ2) is 8.66. The summed E-state index contributed by atoms with van der Waals surface area (Å²) in [6.07, 6.45) is -1.75. The number of carbonyl (C=O) groups is 2. The minimum atomic E-state index is -4.89. The third-order valence-electron chi connectivity index (χ3n) is 6.30. The number of alkyl halides is 3. The van der Waals surface area contributed by atoms with Crippen molar-refractivity contribution >= 4 is 22.8 Å². The molecule has 1 saturated carbocycles. The van der Waals surface area contributed by atoms with E-state index in [1.165, 1.54) is 6.92 Å². The van der Waals surface area contributed by atoms with Crippen LogP contribution in [-0.4, -0.2) is 33.0 Å². The first-order chi connectivity index (χ1) is 16.0. The second-order valence-electron chi connectivity index (χ2n) is 8.46. The van der Waals surface area contributed by atoms with Gasteiger partial charge in [0, 0.05) is 22.7 Å². The SMILES string of the molecule is Cc1c(C(CC2CCC2)C(=O)O)c2cc(O)c(F)cc2n1C(=O)c1ccc(OC(F)(F)F)cc1. The van der Waals surface area contributed by atoms with E-state index in [9.17, 15) is 37.4 Å². The van der Waals surface area contributed by atoms with Gasteiger partial charge in [0.1, 0.15) is 5.75 Å². The van der Waals surface area contributed by atoms with E-state index in [4.69, 9.17) is 0 Å². The summed E-state index contributed by atoms with van der Waals surface area (Å²) >= 11 is 0. The second-order valence-corrected chi connectivity index (χ2v) is 8.46. The summed E-state index contributed by atoms with van der Waals surface area (Å²) in [6.45, 7) is 1.53. The number of aliphatic carboxylic acids is 1. The molecule has 2 aromatic carbocycles. The number of phenolic OH excluding ortho intramolecular Hbond substituents is 1. The predicted molar refractivity (Wildman–Crippen MR) is 113 cm³/mol. The van der Waals surface area contributed by atoms with E-state index < -0.39 is 41.5 Å². The number of aromatic hydroxyl groups is 1. The van der Waals surface area contributed by atoms with Crippen LogP contribution < -0.4 is 4.74 Å². The molecule has 0 aliphatic heterocycles. The van der Waals surface area contributed by atoms with E-state index in [0.717, 1.165) is 60.2 Å². The number of carboxylic acid groups (broad SMARTS) is 1. The largest absolute Gasteiger partial charge is 0.573 e. The Hall–Kier alpha value is -3.56. The first-order valence-electron chi connectivity index (χ1n) is 10.6. The van der Waals surface area contributed by atoms with Crippen molar-refractivity contribution in [2.75, 3.05) is 0 Å². The molecule has 3 aromatic rings. The lowest BCUT2D eigenvalue weighted by Crippen LogP contribution is -2.21. The highest BCUT2D eigenvalue weighted by molar-refractivity contribution is 6.05. The van der Waals surface area contributed by atoms with Crippen LogP contribution in [0.5, 0.6) is 11.5 Å². The summed E-state index contributed by atoms with van der Waals surface area (Å²) in [7, 11) is 0. The van der Waals surface area contributed by atoms with Crippen LogP contribution in [0, 0.1) is 18.7 Å². The summed E-state index contributed by atoms with van der Waals surface area (Å²) < 4.78 is 56.5. The summed E-state index contributed by atoms with van der Waals surface area (Å²) in [5.74, 6) is -4.74. The number of carbonyl (C=O) groups excluding carboxylic acids is 1. The number of carboxylic acids is 1. The Morgan fingerprint density at radius 3 is 2.35 bits per heavy atom. The van der Waals surface area contributed by atoms with Gasteiger partial charge < -0.3 is 14.9 Å². The highest BCUT2D eigenvalue weighted by Gasteiger charge is 2.34. The zero-order valence-corrected chi connectivity index (χ0v) is 18.0. The predicted octanol–water partition coefficient (Wildman–Crippen LogP) is 5.74. The Bertz CT molecular complexity index is 1260. The van der Waals surface area contributed by atoms with Crippen LogP contribution in [0.2, 0.25) is 0 Å². The standard InChI is InChI=1S/C24H21F4NO5/c1-12-21(17(23(32)33)9-13-3-2-4-13)16-10-20(30)18(25)11-19(16)29(12)22(31)14-5-7-15(8-6-14)34-24(26,27)28/h5-8,10-11,13,17,30H,2-4,9H2,1H3,(H,32,33). The molecule has 0 spiro atoms. The van der Waals surface area contributed by atoms with E-state index in [1.54, 1.807) is 0 Å². The lowest BCUT2D eigenvalue weighted by molar-refractivity contribution is -0.274. The Balaban J connectivity index is 1.82. The van der Waals surface area contributed by atoms with E-state index in [1.807, 2.05) is 0 Å². The molecule has 1 atom stereocenters. The zero-order valence-electron chi connectivity index (χ0n) is 18.0. The van der Waals surface area contributed by atoms with E-state index in [0.29, 0.717) is 12.0 Å². The number of ether oxygens (including phenoxy) is 1. The van der Waals surface area contributed by atoms with Gasteiger partial charge in [-0.05, 0) is 55.2 Å². The van der Waals surface area contributed by atoms with E-state index in [2.05, 4.69) is 4.74 Å². The van der Waals surface area contributed by atoms with E-state index >= 15 is 0 Å². The van der Waals surface area contributed by atoms with Gasteiger partial charge in [-0.15, -0.1) is 13.2 Å². The van der Waals surface area contributed by atoms with Gasteiger partial charge in [0.25, 0.3) is 5.91 Å². The lowest BCUT2D eigenvalue weighted by atomic mass is 9.77. The van der Waals surface area contributed by atoms with Gasteiger partial charge >= 0.3 is 12.3 Å². The first kappa shape index (κ1) is 23.6. The van der Waals surface area contributed by atoms with Crippen molar-refractivity contribution in [3.05, 3.63) is 59.0 Å². The summed E-state index contributed by atoms with van der Waals surface area (Å²) in [5.41, 5.74) is 0.603. The molecule has 0 radical (unpaired) electrons. The number of benzene rings is 2. The molecule has 6 nitrogen and oxygen atoms in total. The molecule has 1 aliphatic carbocycles. The van der Waals surface area contributed by atoms with Crippen molar-refractivity contribution in [3.63, 3.8) is 0 Å². The molecule has 1 unspecified atom stereocenters. The number of fused-ring (bicyclic) bond motifs is 1. The van der Waals surface area contributed by atoms with Crippen molar-refractivity contribution < 1.29 is 42.1 Å². The molecule has 34 heavy (non-hydrogen) atoms. The topological polar surface area (TPSA) is 88.8 Å². The monoisotopic (exact) mass is 479 g/mol. The van der Waals surface area contributed by atoms with Gasteiger partial charge in [-0.25, -0.2) is 4.39 Å². The maximum absolute atomic E-state index is 14.3. The molecule has 0 bridgehead atoms. The van der Waals surface area contributed by atoms with Crippen LogP contribution in [0.3, 0.4) is 0 Å². The van der Waals surface area contributed by atoms with Crippen LogP contribution in [0.1, 0.15) is 53.2 Å². The number of nitrogens with zero attached hydrogens (tertiary/aromatic N) is 1. The van der Waals surface area contributed by atoms with Crippen LogP contribution in [0.4, 0.5) is 17.6 Å². The van der Waals surface area contributed by atoms with Crippen LogP contribution in [0.15, 0.2) is 36.4 Å². The lowest BCUT2D eigenvalue weighted by Gasteiger charge is -2.28. The summed E-state index contributed by atoms with van der Waals surface area (Å²) in [4.78, 5) is 25.5. The third-order valence-corrected chi connectivity index (χ3v) is 6.30. The number of hydrogen-bond donors (Lipinski definition) is 2. The molecule has 10 heteroatoms. The highest BCUT2D eigenvalue weighted by atomic mass is 19.4. The molecule has 0 amide bonds. The number of halogens is 4. The fourth-order valence-electron chi connectivity index (χ4n) is 4.48. The number of rotatable bonds is 6. The van der Waals surface area contributed by atoms with Crippen molar-refractivity contribution in [1.82, 2.24) is 4.57 Å². The molecule has 1 aliphatic rings. The molecule has 0 saturated heterocycles. The molecule has 2 N–H and O–H groups in total. The average Bonchev–Trinajstić information content (AvgIpc) is 2.97. The molecular formula is C24H21F4NO5. The normalized spacial score (nSPS) is 15.2. The maximum Gasteiger partial charge on any atom is 0.573 e. The van der Waals surface area contributed by atoms with Gasteiger partial charge in [0.2, 0.25) is 0 Å². The molecule has 180 valence electrons. The van der Waals surface area contributed by atoms with Crippen molar-refractivity contribution in [2.24, 2.45) is 5.92 Å². The number of hydrogen-bond acceptors (Lipinski definition) is 4. The zero-order chi connectivity index (χ0) is 24.8. The Kier molecular flexibility index (Phi) is 6.01. The van der Waals surface area contributed by atoms with Gasteiger partial charge in [0.15, 0.2) is 11.6 Å². The Morgan fingerprint density at radius 2 is 1.82 bits per heavy atom. The summed E-state index contributed by atoms with van der Waals surface area (Å²) in [5, 5.41) is 20.1. The number of aromatic nitrogens is 1. The number of phenols is 1. The maximum atomic E-state index is 14.3. The van der Waals surface area contributed by atoms with Crippen LogP contribution in [-0.2, 0) is 4.79 Å². The Morgan fingerprint density at radius 1 is 1.18 bits per heavy atom. The fourth-order valence-corrected chi connectivity index (χ4v) is 4.48. The molecule has 1 fully saturated rings. The first-order valence-corrected chi connectivity index (χ1v) is 10.6. The Labute approximate surface area is 191 Å². The quantitative estimate of drug-likeness (QED) is 0.440. The van der Waals surface area contributed by atoms with Crippen molar-refractivity contribution in [3.8, 4) is 11.5 Å². The fraction of sp³-hybridized carbons (Fsp3) is 0.333. The minimum Gasteiger partial charge on any atom is -0.505 e. The molecule has 1 heterocycles. The van der Waals surface area contributed by atoms with Crippen LogP contribution in [0.25, 0.3) is 10.9 Å². The van der Waals surface area contributed by atoms with Crippen LogP contribution >= 0.6 is 0 Å². The summed E-state index contributed by atoms with van der Waals surface area (Å²) in [6, 6.07) is 6.27. The smallest absolute Gasteiger partial charge is 0.505 e. The van der Waals surface area contributed by atoms with Crippen molar-refractivity contribution in [2.45, 2.75) is 44.9 Å². The van der Waals surface area contributed by atoms with Gasteiger partial charge in [0.05, 0.1) is 11.4 Å². The molecule has 1 aromatic heterocycles. The van der Waals surface area contributed by atoms with Crippen molar-refractivity contribution in [1.29, 1.82) is 0 Å². The molecule has 4 rings (SSSR count). The molecular weight excluding hydrogens is 458 g/mol. The van der Waals surface area contributed by atoms with Gasteiger partial charge in [-0.3, -0.25) is 14.2 Å². The van der Waals surface area contributed by atoms with Gasteiger partial charge in [-0.1, -0.05) is 19.3 Å². The third kappa shape index (κ3) is 4.44. The average molecular weight is 479 g/mol. The highest BCUT2D eigenvalue weighted by Crippen LogP contribution is 2.42. The van der Waals surface area contributed by atoms with E-state index in [-0.39, 0.29) is 28.1 Å². The van der Waals surface area contributed by atoms with Gasteiger partial charge in [-0.2, -0.15) is 0 Å².